The lowest BCUT2D eigenvalue weighted by atomic mass is 10.5. The van der Waals surface area contributed by atoms with E-state index in [4.69, 9.17) is 19.3 Å². The van der Waals surface area contributed by atoms with Crippen molar-refractivity contribution in [3.05, 3.63) is 0 Å². The molecule has 0 heterocycles. The van der Waals surface area contributed by atoms with Crippen molar-refractivity contribution in [2.45, 2.75) is 19.4 Å². The van der Waals surface area contributed by atoms with Gasteiger partial charge in [0.15, 0.2) is 0 Å². The Morgan fingerprint density at radius 1 is 1.38 bits per heavy atom. The SMILES string of the molecule is CCP(=O)(O)OCCC[Si](O)(O)O. The second-order valence-corrected chi connectivity index (χ2v) is 6.88. The molecule has 0 aliphatic carbocycles. The zero-order valence-electron chi connectivity index (χ0n) is 7.38. The lowest BCUT2D eigenvalue weighted by Crippen LogP contribution is -2.34. The first kappa shape index (κ1) is 13.2. The molecule has 0 aliphatic rings. The second kappa shape index (κ2) is 5.21. The van der Waals surface area contributed by atoms with Crippen molar-refractivity contribution >= 4 is 16.4 Å². The molecule has 80 valence electrons. The fourth-order valence-electron chi connectivity index (χ4n) is 0.608. The van der Waals surface area contributed by atoms with Gasteiger partial charge in [0.25, 0.3) is 0 Å². The van der Waals surface area contributed by atoms with Crippen LogP contribution >= 0.6 is 7.60 Å². The zero-order valence-corrected chi connectivity index (χ0v) is 9.28. The van der Waals surface area contributed by atoms with Crippen LogP contribution in [-0.4, -0.2) is 40.9 Å². The molecule has 0 spiro atoms. The van der Waals surface area contributed by atoms with Crippen molar-refractivity contribution in [3.8, 4) is 0 Å². The Kier molecular flexibility index (Phi) is 5.31. The topological polar surface area (TPSA) is 107 Å². The van der Waals surface area contributed by atoms with Gasteiger partial charge in [0.1, 0.15) is 0 Å². The standard InChI is InChI=1S/C5H15O6PSi/c1-2-12(6,7)11-4-3-5-13(8,9)10/h8-10H,2-5H2,1H3,(H,6,7). The summed E-state index contributed by atoms with van der Waals surface area (Å²) in [5.74, 6) is 0. The van der Waals surface area contributed by atoms with Crippen LogP contribution in [0.3, 0.4) is 0 Å². The molecule has 1 atom stereocenters. The second-order valence-electron chi connectivity index (χ2n) is 2.66. The van der Waals surface area contributed by atoms with Gasteiger partial charge in [-0.25, -0.2) is 0 Å². The maximum Gasteiger partial charge on any atom is 0.492 e. The third-order valence-electron chi connectivity index (χ3n) is 1.35. The third-order valence-corrected chi connectivity index (χ3v) is 3.76. The monoisotopic (exact) mass is 230 g/mol. The van der Waals surface area contributed by atoms with Gasteiger partial charge < -0.3 is 23.8 Å². The van der Waals surface area contributed by atoms with Gasteiger partial charge >= 0.3 is 16.4 Å². The Hall–Kier alpha value is 0.247. The molecule has 0 saturated carbocycles. The van der Waals surface area contributed by atoms with Crippen molar-refractivity contribution < 1.29 is 28.4 Å². The van der Waals surface area contributed by atoms with Crippen LogP contribution < -0.4 is 0 Å². The Bertz CT molecular complexity index is 190. The van der Waals surface area contributed by atoms with Crippen LogP contribution in [-0.2, 0) is 9.09 Å². The van der Waals surface area contributed by atoms with Gasteiger partial charge in [-0.2, -0.15) is 0 Å². The molecule has 0 fully saturated rings. The normalized spacial score (nSPS) is 17.0. The van der Waals surface area contributed by atoms with Gasteiger partial charge in [0, 0.05) is 12.2 Å². The van der Waals surface area contributed by atoms with E-state index in [1.807, 2.05) is 0 Å². The van der Waals surface area contributed by atoms with Crippen LogP contribution in [0.25, 0.3) is 0 Å². The maximum atomic E-state index is 10.9. The van der Waals surface area contributed by atoms with Crippen molar-refractivity contribution in [2.75, 3.05) is 12.8 Å². The maximum absolute atomic E-state index is 10.9. The lowest BCUT2D eigenvalue weighted by molar-refractivity contribution is 0.213. The molecule has 0 aromatic carbocycles. The molecule has 0 bridgehead atoms. The predicted octanol–water partition coefficient (Wildman–Crippen LogP) is -0.486. The van der Waals surface area contributed by atoms with Crippen molar-refractivity contribution in [1.29, 1.82) is 0 Å². The largest absolute Gasteiger partial charge is 0.492 e. The molecule has 1 unspecified atom stereocenters. The molecule has 0 rings (SSSR count). The highest BCUT2D eigenvalue weighted by molar-refractivity contribution is 7.52. The van der Waals surface area contributed by atoms with Crippen LogP contribution in [0.1, 0.15) is 13.3 Å². The first-order valence-electron chi connectivity index (χ1n) is 3.90. The van der Waals surface area contributed by atoms with E-state index in [1.54, 1.807) is 0 Å². The average molecular weight is 230 g/mol. The van der Waals surface area contributed by atoms with Crippen molar-refractivity contribution in [3.63, 3.8) is 0 Å². The minimum Gasteiger partial charge on any atom is -0.390 e. The molecule has 0 radical (unpaired) electrons. The Balaban J connectivity index is 3.53. The van der Waals surface area contributed by atoms with Crippen LogP contribution in [0.2, 0.25) is 6.04 Å². The highest BCUT2D eigenvalue weighted by atomic mass is 31.2. The molecule has 4 N–H and O–H groups in total. The molecule has 0 aliphatic heterocycles. The van der Waals surface area contributed by atoms with Gasteiger partial charge in [-0.1, -0.05) is 6.92 Å². The summed E-state index contributed by atoms with van der Waals surface area (Å²) >= 11 is 0. The lowest BCUT2D eigenvalue weighted by Gasteiger charge is -2.11. The first-order valence-corrected chi connectivity index (χ1v) is 7.71. The molecule has 0 saturated heterocycles. The quantitative estimate of drug-likeness (QED) is 0.279. The number of rotatable bonds is 6. The van der Waals surface area contributed by atoms with E-state index in [0.29, 0.717) is 0 Å². The summed E-state index contributed by atoms with van der Waals surface area (Å²) < 4.78 is 15.4. The molecule has 6 nitrogen and oxygen atoms in total. The highest BCUT2D eigenvalue weighted by Gasteiger charge is 2.26. The van der Waals surface area contributed by atoms with E-state index in [-0.39, 0.29) is 25.2 Å². The predicted molar refractivity (Wildman–Crippen MR) is 48.2 cm³/mol. The fourth-order valence-corrected chi connectivity index (χ4v) is 1.82. The minimum atomic E-state index is -4.02. The van der Waals surface area contributed by atoms with E-state index in [0.717, 1.165) is 0 Å². The van der Waals surface area contributed by atoms with Gasteiger partial charge in [0.2, 0.25) is 0 Å². The summed E-state index contributed by atoms with van der Waals surface area (Å²) in [6.45, 7) is 1.46. The minimum absolute atomic E-state index is 0.0208. The third kappa shape index (κ3) is 8.57. The molecule has 8 heteroatoms. The number of hydrogen-bond donors (Lipinski definition) is 4. The fraction of sp³-hybridized carbons (Fsp3) is 1.00. The van der Waals surface area contributed by atoms with Crippen molar-refractivity contribution in [2.24, 2.45) is 0 Å². The van der Waals surface area contributed by atoms with E-state index in [9.17, 15) is 4.57 Å². The van der Waals surface area contributed by atoms with Crippen LogP contribution in [0, 0.1) is 0 Å². The molecular weight excluding hydrogens is 215 g/mol. The summed E-state index contributed by atoms with van der Waals surface area (Å²) in [6, 6.07) is -0.184. The van der Waals surface area contributed by atoms with Crippen LogP contribution in [0.4, 0.5) is 0 Å². The summed E-state index contributed by atoms with van der Waals surface area (Å²) in [4.78, 5) is 34.6. The van der Waals surface area contributed by atoms with Gasteiger partial charge in [0.05, 0.1) is 6.61 Å². The van der Waals surface area contributed by atoms with Crippen LogP contribution in [0.15, 0.2) is 0 Å². The smallest absolute Gasteiger partial charge is 0.390 e. The molecule has 0 aromatic heterocycles. The van der Waals surface area contributed by atoms with E-state index >= 15 is 0 Å². The van der Waals surface area contributed by atoms with Gasteiger partial charge in [-0.05, 0) is 6.42 Å². The van der Waals surface area contributed by atoms with Crippen molar-refractivity contribution in [1.82, 2.24) is 0 Å². The van der Waals surface area contributed by atoms with Gasteiger partial charge in [-0.15, -0.1) is 0 Å². The summed E-state index contributed by atoms with van der Waals surface area (Å²) in [7, 11) is -7.50. The Morgan fingerprint density at radius 2 is 1.92 bits per heavy atom. The average Bonchev–Trinajstić information content (AvgIpc) is 1.97. The molecule has 13 heavy (non-hydrogen) atoms. The van der Waals surface area contributed by atoms with Crippen LogP contribution in [0.5, 0.6) is 0 Å². The summed E-state index contributed by atoms with van der Waals surface area (Å²) in [5, 5.41) is 0. The Labute approximate surface area is 77.7 Å². The molecular formula is C5H15O6PSi. The highest BCUT2D eigenvalue weighted by Crippen LogP contribution is 2.41. The summed E-state index contributed by atoms with van der Waals surface area (Å²) in [6.07, 6.45) is 0.174. The van der Waals surface area contributed by atoms with Gasteiger partial charge in [-0.3, -0.25) is 4.57 Å². The molecule has 0 aromatic rings. The summed E-state index contributed by atoms with van der Waals surface area (Å²) in [5.41, 5.74) is 0. The zero-order chi connectivity index (χ0) is 10.5. The molecule has 0 amide bonds. The first-order chi connectivity index (χ1) is 5.77. The Morgan fingerprint density at radius 3 is 2.31 bits per heavy atom. The number of hydrogen-bond acceptors (Lipinski definition) is 5. The van der Waals surface area contributed by atoms with E-state index in [1.165, 1.54) is 6.92 Å². The van der Waals surface area contributed by atoms with E-state index < -0.39 is 16.4 Å². The van der Waals surface area contributed by atoms with E-state index in [2.05, 4.69) is 4.52 Å².